The molecule has 1 aromatic carbocycles. The van der Waals surface area contributed by atoms with Crippen molar-refractivity contribution in [2.45, 2.75) is 30.2 Å². The first kappa shape index (κ1) is 20.1. The normalized spacial score (nSPS) is 15.2. The summed E-state index contributed by atoms with van der Waals surface area (Å²) < 4.78 is 118. The highest BCUT2D eigenvalue weighted by molar-refractivity contribution is 5.74. The highest BCUT2D eigenvalue weighted by Gasteiger charge is 2.86. The standard InChI is InChI=1S/C12H7F9O3/c13-10(14,15)9(11(16,17)18,12(19,20)21)24-7(8(22)23)6-4-2-1-3-5-6/h1-5,7H,(H,22,23). The molecule has 0 radical (unpaired) electrons. The molecule has 1 N–H and O–H groups in total. The lowest BCUT2D eigenvalue weighted by molar-refractivity contribution is -0.463. The summed E-state index contributed by atoms with van der Waals surface area (Å²) in [5, 5.41) is 8.76. The first-order chi connectivity index (χ1) is 10.6. The summed E-state index contributed by atoms with van der Waals surface area (Å²) in [5.41, 5.74) is -7.49. The molecule has 0 spiro atoms. The van der Waals surface area contributed by atoms with E-state index in [4.69, 9.17) is 5.11 Å². The number of hydrogen-bond acceptors (Lipinski definition) is 2. The number of carbonyl (C=O) groups is 1. The molecule has 0 saturated heterocycles. The van der Waals surface area contributed by atoms with Crippen LogP contribution in [0.5, 0.6) is 0 Å². The Labute approximate surface area is 127 Å². The van der Waals surface area contributed by atoms with Crippen LogP contribution < -0.4 is 0 Å². The van der Waals surface area contributed by atoms with Gasteiger partial charge < -0.3 is 9.84 Å². The van der Waals surface area contributed by atoms with E-state index in [1.807, 2.05) is 0 Å². The molecule has 0 aromatic heterocycles. The number of rotatable bonds is 4. The van der Waals surface area contributed by atoms with Crippen LogP contribution in [-0.2, 0) is 9.53 Å². The molecule has 3 nitrogen and oxygen atoms in total. The summed E-state index contributed by atoms with van der Waals surface area (Å²) in [5.74, 6) is -2.46. The molecule has 0 bridgehead atoms. The van der Waals surface area contributed by atoms with Crippen LogP contribution in [0.15, 0.2) is 30.3 Å². The Morgan fingerprint density at radius 3 is 1.50 bits per heavy atom. The van der Waals surface area contributed by atoms with Gasteiger partial charge in [-0.2, -0.15) is 39.5 Å². The lowest BCUT2D eigenvalue weighted by Crippen LogP contribution is -2.68. The van der Waals surface area contributed by atoms with Crippen LogP contribution in [0.4, 0.5) is 39.5 Å². The van der Waals surface area contributed by atoms with Crippen LogP contribution in [0.25, 0.3) is 0 Å². The van der Waals surface area contributed by atoms with E-state index in [0.29, 0.717) is 12.1 Å². The van der Waals surface area contributed by atoms with E-state index >= 15 is 0 Å². The zero-order valence-electron chi connectivity index (χ0n) is 11.1. The molecular formula is C12H7F9O3. The number of alkyl halides is 9. The summed E-state index contributed by atoms with van der Waals surface area (Å²) >= 11 is 0. The Bertz CT molecular complexity index is 538. The van der Waals surface area contributed by atoms with E-state index in [9.17, 15) is 44.3 Å². The molecule has 0 heterocycles. The first-order valence-corrected chi connectivity index (χ1v) is 5.81. The highest BCUT2D eigenvalue weighted by atomic mass is 19.4. The molecule has 0 amide bonds. The van der Waals surface area contributed by atoms with Gasteiger partial charge in [-0.1, -0.05) is 30.3 Å². The van der Waals surface area contributed by atoms with E-state index < -0.39 is 41.8 Å². The Morgan fingerprint density at radius 2 is 1.21 bits per heavy atom. The minimum Gasteiger partial charge on any atom is -0.479 e. The van der Waals surface area contributed by atoms with Crippen molar-refractivity contribution < 1.29 is 54.2 Å². The van der Waals surface area contributed by atoms with Crippen molar-refractivity contribution in [2.24, 2.45) is 0 Å². The predicted molar refractivity (Wildman–Crippen MR) is 58.8 cm³/mol. The first-order valence-electron chi connectivity index (χ1n) is 5.81. The average Bonchev–Trinajstić information content (AvgIpc) is 2.35. The van der Waals surface area contributed by atoms with Gasteiger partial charge >= 0.3 is 30.1 Å². The number of benzene rings is 1. The number of halogens is 9. The molecule has 1 unspecified atom stereocenters. The van der Waals surface area contributed by atoms with Crippen LogP contribution >= 0.6 is 0 Å². The molecule has 136 valence electrons. The fraction of sp³-hybridized carbons (Fsp3) is 0.417. The number of aliphatic carboxylic acids is 1. The van der Waals surface area contributed by atoms with Crippen molar-refractivity contribution in [1.82, 2.24) is 0 Å². The molecule has 12 heteroatoms. The van der Waals surface area contributed by atoms with Crippen LogP contribution in [0.3, 0.4) is 0 Å². The molecule has 1 aromatic rings. The molecule has 0 aliphatic carbocycles. The number of carboxylic acids is 1. The molecule has 1 atom stereocenters. The second-order valence-electron chi connectivity index (χ2n) is 4.42. The van der Waals surface area contributed by atoms with Crippen LogP contribution in [0.2, 0.25) is 0 Å². The highest BCUT2D eigenvalue weighted by Crippen LogP contribution is 2.56. The second kappa shape index (κ2) is 6.15. The summed E-state index contributed by atoms with van der Waals surface area (Å²) in [6.07, 6.45) is -24.2. The topological polar surface area (TPSA) is 46.5 Å². The zero-order valence-corrected chi connectivity index (χ0v) is 11.1. The number of carboxylic acid groups (broad SMARTS) is 1. The lowest BCUT2D eigenvalue weighted by atomic mass is 10.00. The third-order valence-electron chi connectivity index (χ3n) is 2.82. The van der Waals surface area contributed by atoms with Crippen molar-refractivity contribution in [1.29, 1.82) is 0 Å². The predicted octanol–water partition coefficient (Wildman–Crippen LogP) is 4.25. The Morgan fingerprint density at radius 1 is 0.833 bits per heavy atom. The number of hydrogen-bond donors (Lipinski definition) is 1. The lowest BCUT2D eigenvalue weighted by Gasteiger charge is -2.39. The molecule has 0 saturated carbocycles. The van der Waals surface area contributed by atoms with Gasteiger partial charge in [0.05, 0.1) is 0 Å². The Balaban J connectivity index is 3.59. The van der Waals surface area contributed by atoms with Crippen LogP contribution in [0, 0.1) is 0 Å². The van der Waals surface area contributed by atoms with Gasteiger partial charge in [-0.05, 0) is 5.56 Å². The summed E-state index contributed by atoms with van der Waals surface area (Å²) in [6.45, 7) is 0. The molecule has 1 rings (SSSR count). The quantitative estimate of drug-likeness (QED) is 0.806. The van der Waals surface area contributed by atoms with Crippen molar-refractivity contribution in [3.63, 3.8) is 0 Å². The van der Waals surface area contributed by atoms with Crippen molar-refractivity contribution >= 4 is 5.97 Å². The maximum Gasteiger partial charge on any atom is 0.435 e. The maximum absolute atomic E-state index is 12.7. The van der Waals surface area contributed by atoms with Crippen LogP contribution in [-0.4, -0.2) is 35.2 Å². The zero-order chi connectivity index (χ0) is 19.0. The fourth-order valence-electron chi connectivity index (χ4n) is 1.75. The van der Waals surface area contributed by atoms with Gasteiger partial charge in [0.15, 0.2) is 6.10 Å². The van der Waals surface area contributed by atoms with Gasteiger partial charge in [0.1, 0.15) is 0 Å². The Hall–Kier alpha value is -1.98. The summed E-state index contributed by atoms with van der Waals surface area (Å²) in [7, 11) is 0. The minimum absolute atomic E-state index is 0.715. The van der Waals surface area contributed by atoms with Gasteiger partial charge in [0.2, 0.25) is 0 Å². The molecule has 24 heavy (non-hydrogen) atoms. The van der Waals surface area contributed by atoms with Gasteiger partial charge in [-0.3, -0.25) is 0 Å². The minimum atomic E-state index is -7.01. The largest absolute Gasteiger partial charge is 0.479 e. The molecule has 0 aliphatic rings. The van der Waals surface area contributed by atoms with E-state index in [1.165, 1.54) is 6.07 Å². The van der Waals surface area contributed by atoms with Crippen LogP contribution in [0.1, 0.15) is 11.7 Å². The number of ether oxygens (including phenoxy) is 1. The van der Waals surface area contributed by atoms with E-state index in [0.717, 1.165) is 12.1 Å². The van der Waals surface area contributed by atoms with Gasteiger partial charge in [0, 0.05) is 0 Å². The summed E-state index contributed by atoms with van der Waals surface area (Å²) in [6, 6.07) is 4.66. The van der Waals surface area contributed by atoms with Crippen molar-refractivity contribution in [3.8, 4) is 0 Å². The molecular weight excluding hydrogens is 363 g/mol. The van der Waals surface area contributed by atoms with Gasteiger partial charge in [-0.15, -0.1) is 0 Å². The second-order valence-corrected chi connectivity index (χ2v) is 4.42. The molecule has 0 aliphatic heterocycles. The van der Waals surface area contributed by atoms with Gasteiger partial charge in [-0.25, -0.2) is 4.79 Å². The average molecular weight is 370 g/mol. The van der Waals surface area contributed by atoms with E-state index in [2.05, 4.69) is 4.74 Å². The van der Waals surface area contributed by atoms with Crippen molar-refractivity contribution in [3.05, 3.63) is 35.9 Å². The smallest absolute Gasteiger partial charge is 0.435 e. The Kier molecular flexibility index (Phi) is 5.14. The van der Waals surface area contributed by atoms with E-state index in [1.54, 1.807) is 0 Å². The third-order valence-corrected chi connectivity index (χ3v) is 2.82. The SMILES string of the molecule is O=C(O)C(OC(C(F)(F)F)(C(F)(F)F)C(F)(F)F)c1ccccc1. The fourth-order valence-corrected chi connectivity index (χ4v) is 1.75. The maximum atomic E-state index is 12.7. The van der Waals surface area contributed by atoms with Crippen molar-refractivity contribution in [2.75, 3.05) is 0 Å². The monoisotopic (exact) mass is 370 g/mol. The summed E-state index contributed by atoms with van der Waals surface area (Å²) in [4.78, 5) is 10.9. The third kappa shape index (κ3) is 3.42. The van der Waals surface area contributed by atoms with E-state index in [-0.39, 0.29) is 0 Å². The molecule has 0 fully saturated rings. The van der Waals surface area contributed by atoms with Gasteiger partial charge in [0.25, 0.3) is 0 Å².